The molecule has 122 valence electrons. The van der Waals surface area contributed by atoms with Crippen LogP contribution in [0.1, 0.15) is 11.1 Å². The fourth-order valence-corrected chi connectivity index (χ4v) is 3.07. The van der Waals surface area contributed by atoms with Crippen LogP contribution in [-0.2, 0) is 11.9 Å². The maximum atomic E-state index is 12.7. The molecule has 0 spiro atoms. The number of halogens is 5. The van der Waals surface area contributed by atoms with Gasteiger partial charge in [-0.05, 0) is 35.9 Å². The van der Waals surface area contributed by atoms with Crippen molar-refractivity contribution in [2.75, 3.05) is 0 Å². The molecule has 23 heavy (non-hydrogen) atoms. The van der Waals surface area contributed by atoms with Crippen molar-refractivity contribution in [1.82, 2.24) is 9.97 Å². The number of fused-ring (bicyclic) bond motifs is 1. The van der Waals surface area contributed by atoms with Gasteiger partial charge in [-0.1, -0.05) is 39.8 Å². The van der Waals surface area contributed by atoms with E-state index < -0.39 is 11.7 Å². The molecular weight excluding hydrogens is 457 g/mol. The van der Waals surface area contributed by atoms with Gasteiger partial charge >= 0.3 is 6.18 Å². The van der Waals surface area contributed by atoms with E-state index in [1.807, 2.05) is 24.3 Å². The first-order valence-corrected chi connectivity index (χ1v) is 8.14. The third-order valence-corrected chi connectivity index (χ3v) is 4.55. The quantitative estimate of drug-likeness (QED) is 0.463. The van der Waals surface area contributed by atoms with Crippen molar-refractivity contribution >= 4 is 55.7 Å². The number of aromatic amines is 1. The van der Waals surface area contributed by atoms with Crippen molar-refractivity contribution in [3.8, 4) is 0 Å². The van der Waals surface area contributed by atoms with Gasteiger partial charge in [0, 0.05) is 10.2 Å². The van der Waals surface area contributed by atoms with E-state index in [9.17, 15) is 13.2 Å². The molecule has 0 saturated carbocycles. The summed E-state index contributed by atoms with van der Waals surface area (Å²) in [6.07, 6.45) is -4.34. The predicted molar refractivity (Wildman–Crippen MR) is 95.1 cm³/mol. The number of alkyl halides is 3. The van der Waals surface area contributed by atoms with E-state index in [2.05, 4.69) is 25.9 Å². The number of imidazole rings is 1. The van der Waals surface area contributed by atoms with E-state index in [0.717, 1.165) is 22.2 Å². The Kier molecular flexibility index (Phi) is 5.80. The molecule has 8 heteroatoms. The zero-order valence-corrected chi connectivity index (χ0v) is 15.6. The van der Waals surface area contributed by atoms with Gasteiger partial charge in [0.25, 0.3) is 0 Å². The number of hydrogen-bond acceptors (Lipinski definition) is 2. The van der Waals surface area contributed by atoms with E-state index in [1.54, 1.807) is 0 Å². The highest BCUT2D eigenvalue weighted by molar-refractivity contribution is 9.10. The second-order valence-corrected chi connectivity index (χ2v) is 6.57. The second-order valence-electron chi connectivity index (χ2n) is 4.69. The molecule has 0 unspecified atom stereocenters. The largest absolute Gasteiger partial charge is 0.416 e. The van der Waals surface area contributed by atoms with E-state index >= 15 is 0 Å². The zero-order chi connectivity index (χ0) is 15.7. The van der Waals surface area contributed by atoms with Crippen LogP contribution in [0.3, 0.4) is 0 Å². The maximum absolute atomic E-state index is 12.7. The molecule has 0 radical (unpaired) electrons. The molecule has 2 aromatic carbocycles. The molecule has 1 heterocycles. The van der Waals surface area contributed by atoms with Crippen LogP contribution < -0.4 is 0 Å². The summed E-state index contributed by atoms with van der Waals surface area (Å²) in [6, 6.07) is 11.4. The topological polar surface area (TPSA) is 28.7 Å². The van der Waals surface area contributed by atoms with Gasteiger partial charge < -0.3 is 4.98 Å². The van der Waals surface area contributed by atoms with Crippen molar-refractivity contribution < 1.29 is 13.2 Å². The number of thioether (sulfide) groups is 1. The smallest absolute Gasteiger partial charge is 0.333 e. The van der Waals surface area contributed by atoms with Gasteiger partial charge in [-0.3, -0.25) is 0 Å². The van der Waals surface area contributed by atoms with Crippen molar-refractivity contribution in [3.05, 3.63) is 58.1 Å². The summed E-state index contributed by atoms with van der Waals surface area (Å²) in [5.41, 5.74) is 1.37. The van der Waals surface area contributed by atoms with Gasteiger partial charge in [-0.25, -0.2) is 4.98 Å². The van der Waals surface area contributed by atoms with Crippen molar-refractivity contribution in [2.24, 2.45) is 0 Å². The normalized spacial score (nSPS) is 11.5. The number of nitrogens with one attached hydrogen (secondary N) is 1. The minimum absolute atomic E-state index is 0. The van der Waals surface area contributed by atoms with Crippen LogP contribution in [0.15, 0.2) is 52.1 Å². The van der Waals surface area contributed by atoms with E-state index in [1.165, 1.54) is 17.8 Å². The summed E-state index contributed by atoms with van der Waals surface area (Å²) >= 11 is 4.83. The lowest BCUT2D eigenvalue weighted by atomic mass is 10.2. The Hall–Kier alpha value is -0.990. The molecule has 1 N–H and O–H groups in total. The number of benzene rings is 2. The van der Waals surface area contributed by atoms with Gasteiger partial charge in [0.15, 0.2) is 5.16 Å². The molecule has 3 rings (SSSR count). The molecule has 0 bridgehead atoms. The molecule has 1 aromatic heterocycles. The number of nitrogens with zero attached hydrogens (tertiary/aromatic N) is 1. The molecule has 0 saturated heterocycles. The van der Waals surface area contributed by atoms with Crippen molar-refractivity contribution in [1.29, 1.82) is 0 Å². The third-order valence-electron chi connectivity index (χ3n) is 3.08. The van der Waals surface area contributed by atoms with Crippen LogP contribution in [0.25, 0.3) is 11.0 Å². The minimum Gasteiger partial charge on any atom is -0.333 e. The van der Waals surface area contributed by atoms with Gasteiger partial charge in [-0.2, -0.15) is 13.2 Å². The summed E-state index contributed by atoms with van der Waals surface area (Å²) in [4.78, 5) is 7.23. The first kappa shape index (κ1) is 18.4. The lowest BCUT2D eigenvalue weighted by Gasteiger charge is -2.05. The Balaban J connectivity index is 0.00000192. The Bertz CT molecular complexity index is 801. The van der Waals surface area contributed by atoms with Crippen molar-refractivity contribution in [3.63, 3.8) is 0 Å². The molecule has 0 atom stereocenters. The van der Waals surface area contributed by atoms with Gasteiger partial charge in [0.05, 0.1) is 16.6 Å². The summed E-state index contributed by atoms with van der Waals surface area (Å²) in [5.74, 6) is 0.694. The SMILES string of the molecule is Br.FC(F)(F)c1ccc2nc(SCc3ccc(Br)cc3)[nH]c2c1. The van der Waals surface area contributed by atoms with Crippen LogP contribution in [0.5, 0.6) is 0 Å². The van der Waals surface area contributed by atoms with Gasteiger partial charge in [-0.15, -0.1) is 17.0 Å². The third kappa shape index (κ3) is 4.51. The number of H-pyrrole nitrogens is 1. The minimum atomic E-state index is -4.34. The lowest BCUT2D eigenvalue weighted by molar-refractivity contribution is -0.137. The van der Waals surface area contributed by atoms with Crippen LogP contribution in [0, 0.1) is 0 Å². The first-order valence-electron chi connectivity index (χ1n) is 6.36. The summed E-state index contributed by atoms with van der Waals surface area (Å²) < 4.78 is 39.0. The van der Waals surface area contributed by atoms with Crippen LogP contribution in [0.4, 0.5) is 13.2 Å². The Morgan fingerprint density at radius 1 is 1.09 bits per heavy atom. The van der Waals surface area contributed by atoms with E-state index in [-0.39, 0.29) is 17.0 Å². The molecule has 0 fully saturated rings. The second kappa shape index (κ2) is 7.27. The molecule has 3 aromatic rings. The number of rotatable bonds is 3. The average molecular weight is 468 g/mol. The highest BCUT2D eigenvalue weighted by atomic mass is 79.9. The molecule has 0 amide bonds. The summed E-state index contributed by atoms with van der Waals surface area (Å²) in [5, 5.41) is 0.609. The predicted octanol–water partition coefficient (Wildman–Crippen LogP) is 6.21. The summed E-state index contributed by atoms with van der Waals surface area (Å²) in [6.45, 7) is 0. The zero-order valence-electron chi connectivity index (χ0n) is 11.5. The Labute approximate surface area is 153 Å². The number of hydrogen-bond donors (Lipinski definition) is 1. The molecule has 0 aliphatic carbocycles. The van der Waals surface area contributed by atoms with E-state index in [0.29, 0.717) is 21.9 Å². The fourth-order valence-electron chi connectivity index (χ4n) is 1.96. The summed E-state index contributed by atoms with van der Waals surface area (Å²) in [7, 11) is 0. The maximum Gasteiger partial charge on any atom is 0.416 e. The molecule has 0 aliphatic rings. The number of aromatic nitrogens is 2. The Morgan fingerprint density at radius 3 is 2.43 bits per heavy atom. The monoisotopic (exact) mass is 466 g/mol. The lowest BCUT2D eigenvalue weighted by Crippen LogP contribution is -2.04. The average Bonchev–Trinajstić information content (AvgIpc) is 2.87. The van der Waals surface area contributed by atoms with E-state index in [4.69, 9.17) is 0 Å². The van der Waals surface area contributed by atoms with Gasteiger partial charge in [0.1, 0.15) is 0 Å². The van der Waals surface area contributed by atoms with Crippen LogP contribution in [-0.4, -0.2) is 9.97 Å². The highest BCUT2D eigenvalue weighted by Crippen LogP contribution is 2.32. The first-order chi connectivity index (χ1) is 10.4. The molecular formula is C15H11Br2F3N2S. The fraction of sp³-hybridized carbons (Fsp3) is 0.133. The van der Waals surface area contributed by atoms with Gasteiger partial charge in [0.2, 0.25) is 0 Å². The van der Waals surface area contributed by atoms with Crippen LogP contribution in [0.2, 0.25) is 0 Å². The van der Waals surface area contributed by atoms with Crippen molar-refractivity contribution in [2.45, 2.75) is 17.1 Å². The Morgan fingerprint density at radius 2 is 1.78 bits per heavy atom. The standard InChI is InChI=1S/C15H10BrF3N2S.BrH/c16-11-4-1-9(2-5-11)8-22-14-20-12-6-3-10(15(17,18)19)7-13(12)21-14;/h1-7H,8H2,(H,20,21);1H. The molecule has 0 aliphatic heterocycles. The van der Waals surface area contributed by atoms with Crippen LogP contribution >= 0.6 is 44.7 Å². The highest BCUT2D eigenvalue weighted by Gasteiger charge is 2.30. The molecule has 2 nitrogen and oxygen atoms in total.